The van der Waals surface area contributed by atoms with Crippen LogP contribution in [-0.4, -0.2) is 35.1 Å². The number of allylic oxidation sites excluding steroid dienone is 8. The van der Waals surface area contributed by atoms with Gasteiger partial charge in [0.25, 0.3) is 0 Å². The van der Waals surface area contributed by atoms with Crippen molar-refractivity contribution in [2.24, 2.45) is 5.92 Å². The molecule has 0 aliphatic heterocycles. The highest BCUT2D eigenvalue weighted by Crippen LogP contribution is 2.11. The van der Waals surface area contributed by atoms with Crippen molar-refractivity contribution < 1.29 is 15.3 Å². The fraction of sp³-hybridized carbons (Fsp3) is 0.688. The molecule has 0 bridgehead atoms. The summed E-state index contributed by atoms with van der Waals surface area (Å²) in [5.74, 6) is 0.663. The second kappa shape index (κ2) is 28.8. The second-order valence-electron chi connectivity index (χ2n) is 10.1. The Morgan fingerprint density at radius 3 is 1.54 bits per heavy atom. The minimum Gasteiger partial charge on any atom is -0.396 e. The molecule has 3 N–H and O–H groups in total. The van der Waals surface area contributed by atoms with Crippen molar-refractivity contribution in [2.45, 2.75) is 120 Å². The quantitative estimate of drug-likeness (QED) is 0.200. The first-order chi connectivity index (χ1) is 16.5. The Labute approximate surface area is 219 Å². The Kier molecular flexibility index (Phi) is 31.4. The lowest BCUT2D eigenvalue weighted by Crippen LogP contribution is -1.96. The zero-order valence-corrected chi connectivity index (χ0v) is 24.8. The summed E-state index contributed by atoms with van der Waals surface area (Å²) in [6.45, 7) is 19.9. The van der Waals surface area contributed by atoms with Gasteiger partial charge in [-0.15, -0.1) is 0 Å². The lowest BCUT2D eigenvalue weighted by atomic mass is 10.0. The molecule has 0 fully saturated rings. The Morgan fingerprint density at radius 2 is 1.11 bits per heavy atom. The summed E-state index contributed by atoms with van der Waals surface area (Å²) >= 11 is 0. The van der Waals surface area contributed by atoms with Gasteiger partial charge in [-0.2, -0.15) is 0 Å². The Balaban J connectivity index is -0.000000441. The second-order valence-corrected chi connectivity index (χ2v) is 10.1. The third-order valence-corrected chi connectivity index (χ3v) is 5.27. The Morgan fingerprint density at radius 1 is 0.600 bits per heavy atom. The molecule has 0 aliphatic carbocycles. The van der Waals surface area contributed by atoms with Crippen LogP contribution in [0.2, 0.25) is 0 Å². The van der Waals surface area contributed by atoms with Crippen LogP contribution in [0.1, 0.15) is 120 Å². The molecular formula is C32H60O3. The monoisotopic (exact) mass is 492 g/mol. The molecule has 0 spiro atoms. The maximum Gasteiger partial charge on any atom is 0.0468 e. The van der Waals surface area contributed by atoms with E-state index >= 15 is 0 Å². The molecule has 0 aromatic carbocycles. The van der Waals surface area contributed by atoms with E-state index in [1.165, 1.54) is 40.7 Å². The molecule has 1 unspecified atom stereocenters. The number of rotatable bonds is 15. The van der Waals surface area contributed by atoms with Crippen LogP contribution in [0.25, 0.3) is 0 Å². The molecule has 0 aliphatic rings. The predicted octanol–water partition coefficient (Wildman–Crippen LogP) is 8.87. The molecule has 0 saturated heterocycles. The van der Waals surface area contributed by atoms with Gasteiger partial charge in [-0.25, -0.2) is 0 Å². The lowest BCUT2D eigenvalue weighted by molar-refractivity contribution is 0.259. The number of aliphatic hydroxyl groups excluding tert-OH is 3. The Hall–Kier alpha value is -1.42. The summed E-state index contributed by atoms with van der Waals surface area (Å²) in [4.78, 5) is 0. The molecule has 0 saturated carbocycles. The zero-order chi connectivity index (χ0) is 27.5. The van der Waals surface area contributed by atoms with Crippen LogP contribution >= 0.6 is 0 Å². The van der Waals surface area contributed by atoms with Gasteiger partial charge < -0.3 is 15.3 Å². The highest BCUT2D eigenvalue weighted by atomic mass is 16.3. The molecule has 35 heavy (non-hydrogen) atoms. The predicted molar refractivity (Wildman–Crippen MR) is 158 cm³/mol. The Bertz CT molecular complexity index is 601. The van der Waals surface area contributed by atoms with Gasteiger partial charge in [-0.3, -0.25) is 0 Å². The summed E-state index contributed by atoms with van der Waals surface area (Å²) in [6.07, 6.45) is 20.3. The van der Waals surface area contributed by atoms with E-state index in [1.54, 1.807) is 0 Å². The first-order valence-corrected chi connectivity index (χ1v) is 13.6. The standard InChI is InChI=1S/C12H22O.C10H20O.C10H18O/c1-4-6-12(9-10-13)8-5-7-11(2)3;2*1-9(2)5-4-6-10(3)7-8-11/h7-8,13H,4-6,9-10H2,1-3H3;5,10-11H,4,6-8H2,1-3H3;5-6,11H,4,7-8H2,1-3H3/b12-8-;;10-6+. The van der Waals surface area contributed by atoms with Crippen LogP contribution in [0.3, 0.4) is 0 Å². The fourth-order valence-corrected chi connectivity index (χ4v) is 3.05. The SMILES string of the molecule is CC(C)=CC/C=C(\C)CCO.CC(C)=CCCC(C)CCO.CCC/C(=C/CC=C(C)C)CCO. The molecule has 1 atom stereocenters. The first-order valence-electron chi connectivity index (χ1n) is 13.6. The fourth-order valence-electron chi connectivity index (χ4n) is 3.05. The first kappa shape index (κ1) is 38.1. The van der Waals surface area contributed by atoms with Crippen LogP contribution < -0.4 is 0 Å². The molecule has 3 nitrogen and oxygen atoms in total. The van der Waals surface area contributed by atoms with Crippen molar-refractivity contribution in [3.63, 3.8) is 0 Å². The summed E-state index contributed by atoms with van der Waals surface area (Å²) in [5.41, 5.74) is 6.75. The molecule has 3 heteroatoms. The van der Waals surface area contributed by atoms with Crippen LogP contribution in [0, 0.1) is 5.92 Å². The zero-order valence-electron chi connectivity index (χ0n) is 24.8. The van der Waals surface area contributed by atoms with E-state index in [9.17, 15) is 0 Å². The summed E-state index contributed by atoms with van der Waals surface area (Å²) in [6, 6.07) is 0. The van der Waals surface area contributed by atoms with Crippen molar-refractivity contribution in [2.75, 3.05) is 19.8 Å². The van der Waals surface area contributed by atoms with Crippen LogP contribution in [0.15, 0.2) is 58.2 Å². The normalized spacial score (nSPS) is 11.9. The largest absolute Gasteiger partial charge is 0.396 e. The van der Waals surface area contributed by atoms with Crippen molar-refractivity contribution in [3.8, 4) is 0 Å². The van der Waals surface area contributed by atoms with Gasteiger partial charge in [0, 0.05) is 19.8 Å². The molecule has 0 radical (unpaired) electrons. The maximum absolute atomic E-state index is 8.82. The van der Waals surface area contributed by atoms with Gasteiger partial charge in [0.1, 0.15) is 0 Å². The van der Waals surface area contributed by atoms with E-state index in [0.29, 0.717) is 12.5 Å². The van der Waals surface area contributed by atoms with E-state index in [0.717, 1.165) is 44.9 Å². The third-order valence-electron chi connectivity index (χ3n) is 5.27. The molecule has 0 aromatic rings. The van der Waals surface area contributed by atoms with Gasteiger partial charge in [-0.05, 0) is 106 Å². The highest BCUT2D eigenvalue weighted by molar-refractivity contribution is 5.07. The van der Waals surface area contributed by atoms with Crippen molar-refractivity contribution in [1.29, 1.82) is 0 Å². The van der Waals surface area contributed by atoms with Gasteiger partial charge in [0.15, 0.2) is 0 Å². The van der Waals surface area contributed by atoms with Crippen LogP contribution in [0.5, 0.6) is 0 Å². The van der Waals surface area contributed by atoms with Gasteiger partial charge >= 0.3 is 0 Å². The average molecular weight is 493 g/mol. The topological polar surface area (TPSA) is 60.7 Å². The van der Waals surface area contributed by atoms with E-state index in [-0.39, 0.29) is 13.2 Å². The molecule has 0 rings (SSSR count). The molecule has 0 aromatic heterocycles. The highest BCUT2D eigenvalue weighted by Gasteiger charge is 1.98. The van der Waals surface area contributed by atoms with Crippen molar-refractivity contribution >= 4 is 0 Å². The molecule has 0 heterocycles. The van der Waals surface area contributed by atoms with Crippen molar-refractivity contribution in [1.82, 2.24) is 0 Å². The summed E-state index contributed by atoms with van der Waals surface area (Å²) in [7, 11) is 0. The van der Waals surface area contributed by atoms with E-state index in [4.69, 9.17) is 15.3 Å². The summed E-state index contributed by atoms with van der Waals surface area (Å²) in [5, 5.41) is 26.0. The molecular weight excluding hydrogens is 432 g/mol. The number of aliphatic hydroxyl groups is 3. The lowest BCUT2D eigenvalue weighted by Gasteiger charge is -2.06. The van der Waals surface area contributed by atoms with Gasteiger partial charge in [0.05, 0.1) is 0 Å². The van der Waals surface area contributed by atoms with Crippen LogP contribution in [-0.2, 0) is 0 Å². The minimum atomic E-state index is 0.261. The average Bonchev–Trinajstić information content (AvgIpc) is 2.74. The van der Waals surface area contributed by atoms with E-state index in [1.807, 2.05) is 0 Å². The number of hydrogen-bond acceptors (Lipinski definition) is 3. The van der Waals surface area contributed by atoms with Crippen molar-refractivity contribution in [3.05, 3.63) is 58.2 Å². The summed E-state index contributed by atoms with van der Waals surface area (Å²) < 4.78 is 0. The van der Waals surface area contributed by atoms with E-state index < -0.39 is 0 Å². The van der Waals surface area contributed by atoms with E-state index in [2.05, 4.69) is 92.7 Å². The van der Waals surface area contributed by atoms with Gasteiger partial charge in [0.2, 0.25) is 0 Å². The minimum absolute atomic E-state index is 0.261. The third kappa shape index (κ3) is 37.3. The molecule has 206 valence electrons. The van der Waals surface area contributed by atoms with Crippen LogP contribution in [0.4, 0.5) is 0 Å². The molecule has 0 amide bonds. The van der Waals surface area contributed by atoms with Gasteiger partial charge in [-0.1, -0.05) is 78.5 Å². The smallest absolute Gasteiger partial charge is 0.0468 e. The maximum atomic E-state index is 8.82. The number of hydrogen-bond donors (Lipinski definition) is 3.